The lowest BCUT2D eigenvalue weighted by molar-refractivity contribution is 0.511. The second kappa shape index (κ2) is 4.92. The molecule has 0 unspecified atom stereocenters. The van der Waals surface area contributed by atoms with Crippen molar-refractivity contribution in [2.75, 3.05) is 0 Å². The average Bonchev–Trinajstić information content (AvgIpc) is 3.17. The van der Waals surface area contributed by atoms with Crippen molar-refractivity contribution >= 4 is 27.6 Å². The summed E-state index contributed by atoms with van der Waals surface area (Å²) in [5.41, 5.74) is 1.20. The lowest BCUT2D eigenvalue weighted by Crippen LogP contribution is -1.92. The molecule has 0 aliphatic carbocycles. The number of aromatic nitrogens is 4. The van der Waals surface area contributed by atoms with Crippen molar-refractivity contribution in [3.8, 4) is 21.3 Å². The molecule has 0 bridgehead atoms. The summed E-state index contributed by atoms with van der Waals surface area (Å²) >= 11 is 2.71. The van der Waals surface area contributed by atoms with Crippen LogP contribution in [0.1, 0.15) is 5.56 Å². The van der Waals surface area contributed by atoms with E-state index in [0.717, 1.165) is 16.5 Å². The molecule has 0 spiro atoms. The Morgan fingerprint density at radius 1 is 1.14 bits per heavy atom. The number of fused-ring (bicyclic) bond motifs is 1. The largest absolute Gasteiger partial charge is 0.235 e. The summed E-state index contributed by atoms with van der Waals surface area (Å²) in [6.07, 6.45) is 0. The van der Waals surface area contributed by atoms with Crippen LogP contribution in [0.25, 0.3) is 26.2 Å². The van der Waals surface area contributed by atoms with Crippen LogP contribution in [0.15, 0.2) is 29.6 Å². The molecule has 0 saturated carbocycles. The first-order valence-corrected chi connectivity index (χ1v) is 8.06. The van der Waals surface area contributed by atoms with Gasteiger partial charge < -0.3 is 0 Å². The number of aryl methyl sites for hydroxylation is 1. The highest BCUT2D eigenvalue weighted by Crippen LogP contribution is 2.32. The number of benzene rings is 1. The van der Waals surface area contributed by atoms with E-state index in [1.54, 1.807) is 15.9 Å². The van der Waals surface area contributed by atoms with E-state index in [2.05, 4.69) is 15.3 Å². The van der Waals surface area contributed by atoms with Crippen molar-refractivity contribution < 1.29 is 8.78 Å². The number of thiophene rings is 1. The number of hydrogen-bond donors (Lipinski definition) is 0. The van der Waals surface area contributed by atoms with E-state index in [-0.39, 0.29) is 5.56 Å². The first-order valence-electron chi connectivity index (χ1n) is 6.36. The maximum absolute atomic E-state index is 13.9. The van der Waals surface area contributed by atoms with Gasteiger partial charge in [0.15, 0.2) is 22.5 Å². The van der Waals surface area contributed by atoms with Crippen LogP contribution < -0.4 is 0 Å². The third-order valence-corrected chi connectivity index (χ3v) is 5.18. The summed E-state index contributed by atoms with van der Waals surface area (Å²) in [4.78, 5) is 1.51. The predicted molar refractivity (Wildman–Crippen MR) is 82.1 cm³/mol. The molecular weight excluding hydrogens is 326 g/mol. The Morgan fingerprint density at radius 2 is 2.00 bits per heavy atom. The fraction of sp³-hybridized carbons (Fsp3) is 0.0714. The summed E-state index contributed by atoms with van der Waals surface area (Å²) in [7, 11) is 0. The number of hydrogen-bond acceptors (Lipinski definition) is 5. The Bertz CT molecular complexity index is 986. The van der Waals surface area contributed by atoms with Crippen LogP contribution in [0.5, 0.6) is 0 Å². The number of nitrogens with zero attached hydrogens (tertiary/aromatic N) is 4. The third kappa shape index (κ3) is 1.95. The molecule has 110 valence electrons. The van der Waals surface area contributed by atoms with E-state index in [1.165, 1.54) is 23.5 Å². The van der Waals surface area contributed by atoms with Crippen LogP contribution in [-0.2, 0) is 0 Å². The Kier molecular flexibility index (Phi) is 3.02. The van der Waals surface area contributed by atoms with Gasteiger partial charge in [-0.3, -0.25) is 0 Å². The van der Waals surface area contributed by atoms with E-state index in [0.29, 0.717) is 15.8 Å². The van der Waals surface area contributed by atoms with Crippen molar-refractivity contribution in [3.63, 3.8) is 0 Å². The average molecular weight is 334 g/mol. The zero-order valence-electron chi connectivity index (χ0n) is 11.2. The Labute approximate surface area is 131 Å². The molecule has 0 atom stereocenters. The van der Waals surface area contributed by atoms with Crippen molar-refractivity contribution in [1.29, 1.82) is 0 Å². The van der Waals surface area contributed by atoms with Gasteiger partial charge in [0.25, 0.3) is 0 Å². The normalized spacial score (nSPS) is 11.4. The summed E-state index contributed by atoms with van der Waals surface area (Å²) in [5, 5.41) is 14.9. The lowest BCUT2D eigenvalue weighted by atomic mass is 10.2. The molecule has 3 aromatic heterocycles. The van der Waals surface area contributed by atoms with Crippen LogP contribution >= 0.6 is 22.7 Å². The van der Waals surface area contributed by atoms with Gasteiger partial charge in [0, 0.05) is 0 Å². The summed E-state index contributed by atoms with van der Waals surface area (Å²) in [5.74, 6) is -1.18. The van der Waals surface area contributed by atoms with Crippen LogP contribution in [0, 0.1) is 18.6 Å². The van der Waals surface area contributed by atoms with E-state index in [9.17, 15) is 8.78 Å². The second-order valence-electron chi connectivity index (χ2n) is 4.66. The molecule has 0 aliphatic rings. The highest BCUT2D eigenvalue weighted by Gasteiger charge is 2.19. The van der Waals surface area contributed by atoms with Crippen molar-refractivity contribution in [1.82, 2.24) is 19.8 Å². The summed E-state index contributed by atoms with van der Waals surface area (Å²) in [6.45, 7) is 1.98. The molecule has 22 heavy (non-hydrogen) atoms. The summed E-state index contributed by atoms with van der Waals surface area (Å²) in [6, 6.07) is 6.03. The minimum absolute atomic E-state index is 0.129. The molecule has 3 heterocycles. The minimum atomic E-state index is -0.902. The second-order valence-corrected chi connectivity index (χ2v) is 6.53. The van der Waals surface area contributed by atoms with Gasteiger partial charge in [-0.1, -0.05) is 17.4 Å². The maximum atomic E-state index is 13.9. The van der Waals surface area contributed by atoms with E-state index >= 15 is 0 Å². The molecule has 1 aromatic carbocycles. The third-order valence-electron chi connectivity index (χ3n) is 3.24. The molecule has 0 saturated heterocycles. The lowest BCUT2D eigenvalue weighted by Gasteiger charge is -1.99. The van der Waals surface area contributed by atoms with Crippen molar-refractivity contribution in [2.24, 2.45) is 0 Å². The zero-order chi connectivity index (χ0) is 15.3. The maximum Gasteiger partial charge on any atom is 0.235 e. The monoisotopic (exact) mass is 334 g/mol. The molecule has 0 aliphatic heterocycles. The van der Waals surface area contributed by atoms with Gasteiger partial charge in [-0.05, 0) is 36.1 Å². The van der Waals surface area contributed by atoms with Gasteiger partial charge in [0.2, 0.25) is 4.96 Å². The van der Waals surface area contributed by atoms with Gasteiger partial charge in [0.1, 0.15) is 0 Å². The van der Waals surface area contributed by atoms with E-state index in [1.807, 2.05) is 18.4 Å². The topological polar surface area (TPSA) is 43.1 Å². The van der Waals surface area contributed by atoms with E-state index < -0.39 is 11.6 Å². The highest BCUT2D eigenvalue weighted by molar-refractivity contribution is 7.20. The first-order chi connectivity index (χ1) is 10.6. The van der Waals surface area contributed by atoms with Crippen molar-refractivity contribution in [3.05, 3.63) is 46.8 Å². The standard InChI is InChI=1S/C14H8F2N4S2/c1-7-5-6-21-11(7)12-17-18-14-20(12)19-13(22-14)8-3-2-4-9(15)10(8)16/h2-6H,1H3. The Hall–Kier alpha value is -2.19. The van der Waals surface area contributed by atoms with Crippen LogP contribution in [0.3, 0.4) is 0 Å². The number of halogens is 2. The Balaban J connectivity index is 1.91. The Morgan fingerprint density at radius 3 is 2.77 bits per heavy atom. The van der Waals surface area contributed by atoms with Gasteiger partial charge in [-0.2, -0.15) is 9.61 Å². The SMILES string of the molecule is Cc1ccsc1-c1nnc2sc(-c3cccc(F)c3F)nn12. The fourth-order valence-corrected chi connectivity index (χ4v) is 3.89. The number of rotatable bonds is 2. The van der Waals surface area contributed by atoms with Gasteiger partial charge in [-0.15, -0.1) is 21.5 Å². The predicted octanol–water partition coefficient (Wildman–Crippen LogP) is 4.17. The smallest absolute Gasteiger partial charge is 0.204 e. The van der Waals surface area contributed by atoms with E-state index in [4.69, 9.17) is 0 Å². The fourth-order valence-electron chi connectivity index (χ4n) is 2.14. The highest BCUT2D eigenvalue weighted by atomic mass is 32.1. The molecular formula is C14H8F2N4S2. The summed E-state index contributed by atoms with van der Waals surface area (Å²) < 4.78 is 28.9. The van der Waals surface area contributed by atoms with Gasteiger partial charge in [-0.25, -0.2) is 8.78 Å². The van der Waals surface area contributed by atoms with Crippen LogP contribution in [0.2, 0.25) is 0 Å². The first kappa shape index (κ1) is 13.5. The minimum Gasteiger partial charge on any atom is -0.204 e. The quantitative estimate of drug-likeness (QED) is 0.553. The molecule has 4 nitrogen and oxygen atoms in total. The molecule has 0 N–H and O–H groups in total. The van der Waals surface area contributed by atoms with Gasteiger partial charge in [0.05, 0.1) is 10.4 Å². The van der Waals surface area contributed by atoms with Crippen LogP contribution in [0.4, 0.5) is 8.78 Å². The zero-order valence-corrected chi connectivity index (χ0v) is 12.9. The van der Waals surface area contributed by atoms with Crippen LogP contribution in [-0.4, -0.2) is 19.8 Å². The molecule has 0 radical (unpaired) electrons. The molecule has 4 aromatic rings. The van der Waals surface area contributed by atoms with Crippen molar-refractivity contribution in [2.45, 2.75) is 6.92 Å². The van der Waals surface area contributed by atoms with Gasteiger partial charge >= 0.3 is 0 Å². The molecule has 8 heteroatoms. The molecule has 4 rings (SSSR count). The molecule has 0 fully saturated rings. The molecule has 0 amide bonds.